The zero-order valence-corrected chi connectivity index (χ0v) is 16.5. The molecule has 5 nitrogen and oxygen atoms in total. The van der Waals surface area contributed by atoms with Crippen molar-refractivity contribution < 1.29 is 14.3 Å². The van der Waals surface area contributed by atoms with Gasteiger partial charge in [0.1, 0.15) is 5.75 Å². The Hall–Kier alpha value is -2.24. The number of ether oxygens (including phenoxy) is 1. The van der Waals surface area contributed by atoms with Crippen LogP contribution < -0.4 is 4.74 Å². The van der Waals surface area contributed by atoms with Crippen molar-refractivity contribution in [1.82, 2.24) is 9.80 Å². The summed E-state index contributed by atoms with van der Waals surface area (Å²) in [6.45, 7) is 3.81. The first-order valence-corrected chi connectivity index (χ1v) is 9.40. The van der Waals surface area contributed by atoms with Crippen molar-refractivity contribution in [3.63, 3.8) is 0 Å². The number of carbonyl (C=O) groups is 2. The van der Waals surface area contributed by atoms with E-state index < -0.39 is 0 Å². The normalized spacial score (nSPS) is 14.2. The van der Waals surface area contributed by atoms with Crippen molar-refractivity contribution in [3.8, 4) is 5.75 Å². The molecular formula is C20H20Cl2N2O3. The van der Waals surface area contributed by atoms with Crippen LogP contribution in [0.25, 0.3) is 0 Å². The van der Waals surface area contributed by atoms with Gasteiger partial charge in [-0.05, 0) is 42.8 Å². The van der Waals surface area contributed by atoms with E-state index in [-0.39, 0.29) is 18.4 Å². The van der Waals surface area contributed by atoms with Crippen LogP contribution in [0, 0.1) is 6.92 Å². The average Bonchev–Trinajstić information content (AvgIpc) is 2.65. The van der Waals surface area contributed by atoms with Gasteiger partial charge >= 0.3 is 0 Å². The number of nitrogens with zero attached hydrogens (tertiary/aromatic N) is 2. The summed E-state index contributed by atoms with van der Waals surface area (Å²) in [5.74, 6) is 0.451. The molecule has 0 unspecified atom stereocenters. The van der Waals surface area contributed by atoms with Crippen LogP contribution in [0.15, 0.2) is 42.5 Å². The minimum atomic E-state index is -0.137. The highest BCUT2D eigenvalue weighted by molar-refractivity contribution is 6.35. The van der Waals surface area contributed by atoms with Crippen LogP contribution in [0.4, 0.5) is 0 Å². The van der Waals surface area contributed by atoms with Crippen molar-refractivity contribution in [2.45, 2.75) is 6.92 Å². The van der Waals surface area contributed by atoms with Crippen molar-refractivity contribution in [2.75, 3.05) is 32.8 Å². The highest BCUT2D eigenvalue weighted by Gasteiger charge is 2.25. The van der Waals surface area contributed by atoms with E-state index in [9.17, 15) is 9.59 Å². The Kier molecular flexibility index (Phi) is 6.24. The predicted molar refractivity (Wildman–Crippen MR) is 106 cm³/mol. The third kappa shape index (κ3) is 5.15. The maximum absolute atomic E-state index is 12.6. The lowest BCUT2D eigenvalue weighted by atomic mass is 10.2. The lowest BCUT2D eigenvalue weighted by Gasteiger charge is -2.34. The summed E-state index contributed by atoms with van der Waals surface area (Å²) in [7, 11) is 0. The number of hydrogen-bond donors (Lipinski definition) is 0. The standard InChI is InChI=1S/C20H20Cl2N2O3/c1-14-3-2-4-18(9-14)27-13-19(25)23-5-7-24(8-6-23)20(26)15-10-16(21)12-17(22)11-15/h2-4,9-12H,5-8,13H2,1H3. The number of amides is 2. The molecule has 1 fully saturated rings. The maximum atomic E-state index is 12.6. The first-order valence-electron chi connectivity index (χ1n) is 8.65. The molecule has 2 aromatic rings. The monoisotopic (exact) mass is 406 g/mol. The number of piperazine rings is 1. The van der Waals surface area contributed by atoms with Gasteiger partial charge in [-0.25, -0.2) is 0 Å². The number of halogens is 2. The molecule has 1 saturated heterocycles. The summed E-state index contributed by atoms with van der Waals surface area (Å²) in [4.78, 5) is 28.4. The minimum Gasteiger partial charge on any atom is -0.484 e. The van der Waals surface area contributed by atoms with E-state index in [0.29, 0.717) is 47.5 Å². The Labute approximate surface area is 168 Å². The van der Waals surface area contributed by atoms with Gasteiger partial charge in [-0.15, -0.1) is 0 Å². The molecule has 27 heavy (non-hydrogen) atoms. The van der Waals surface area contributed by atoms with Crippen LogP contribution in [0.2, 0.25) is 10.0 Å². The van der Waals surface area contributed by atoms with E-state index in [1.807, 2.05) is 31.2 Å². The molecule has 0 bridgehead atoms. The molecule has 7 heteroatoms. The molecule has 0 radical (unpaired) electrons. The molecular weight excluding hydrogens is 387 g/mol. The summed E-state index contributed by atoms with van der Waals surface area (Å²) < 4.78 is 5.57. The third-order valence-corrected chi connectivity index (χ3v) is 4.82. The smallest absolute Gasteiger partial charge is 0.260 e. The fraction of sp³-hybridized carbons (Fsp3) is 0.300. The van der Waals surface area contributed by atoms with E-state index in [1.54, 1.807) is 28.0 Å². The van der Waals surface area contributed by atoms with Crippen molar-refractivity contribution in [2.24, 2.45) is 0 Å². The van der Waals surface area contributed by atoms with E-state index in [0.717, 1.165) is 5.56 Å². The zero-order chi connectivity index (χ0) is 19.4. The molecule has 0 N–H and O–H groups in total. The quantitative estimate of drug-likeness (QED) is 0.777. The number of carbonyl (C=O) groups excluding carboxylic acids is 2. The Morgan fingerprint density at radius 1 is 0.963 bits per heavy atom. The second-order valence-electron chi connectivity index (χ2n) is 6.44. The molecule has 1 heterocycles. The summed E-state index contributed by atoms with van der Waals surface area (Å²) in [5, 5.41) is 0.848. The fourth-order valence-corrected chi connectivity index (χ4v) is 3.49. The van der Waals surface area contributed by atoms with Gasteiger partial charge in [-0.1, -0.05) is 35.3 Å². The molecule has 0 aliphatic carbocycles. The predicted octanol–water partition coefficient (Wildman–Crippen LogP) is 3.67. The molecule has 1 aliphatic heterocycles. The highest BCUT2D eigenvalue weighted by Crippen LogP contribution is 2.21. The summed E-state index contributed by atoms with van der Waals surface area (Å²) in [6, 6.07) is 12.4. The van der Waals surface area contributed by atoms with Crippen LogP contribution in [0.5, 0.6) is 5.75 Å². The molecule has 0 spiro atoms. The minimum absolute atomic E-state index is 0.0126. The van der Waals surface area contributed by atoms with Crippen molar-refractivity contribution in [3.05, 3.63) is 63.6 Å². The second kappa shape index (κ2) is 8.63. The Morgan fingerprint density at radius 2 is 1.59 bits per heavy atom. The molecule has 2 amide bonds. The number of aryl methyl sites for hydroxylation is 1. The molecule has 142 valence electrons. The number of rotatable bonds is 4. The topological polar surface area (TPSA) is 49.9 Å². The molecule has 0 saturated carbocycles. The van der Waals surface area contributed by atoms with Gasteiger partial charge in [0.05, 0.1) is 0 Å². The van der Waals surface area contributed by atoms with E-state index in [2.05, 4.69) is 0 Å². The van der Waals surface area contributed by atoms with Gasteiger partial charge in [0.15, 0.2) is 6.61 Å². The Balaban J connectivity index is 1.52. The SMILES string of the molecule is Cc1cccc(OCC(=O)N2CCN(C(=O)c3cc(Cl)cc(Cl)c3)CC2)c1. The molecule has 0 aromatic heterocycles. The van der Waals surface area contributed by atoms with Crippen molar-refractivity contribution >= 4 is 35.0 Å². The lowest BCUT2D eigenvalue weighted by Crippen LogP contribution is -2.51. The molecule has 3 rings (SSSR count). The second-order valence-corrected chi connectivity index (χ2v) is 7.31. The molecule has 1 aliphatic rings. The zero-order valence-electron chi connectivity index (χ0n) is 15.0. The third-order valence-electron chi connectivity index (χ3n) is 4.38. The molecule has 2 aromatic carbocycles. The first-order chi connectivity index (χ1) is 12.9. The van der Waals surface area contributed by atoms with Gasteiger partial charge in [0.25, 0.3) is 11.8 Å². The Bertz CT molecular complexity index is 829. The lowest BCUT2D eigenvalue weighted by molar-refractivity contribution is -0.134. The van der Waals surface area contributed by atoms with Crippen LogP contribution >= 0.6 is 23.2 Å². The van der Waals surface area contributed by atoms with Gasteiger partial charge in [0, 0.05) is 41.8 Å². The first kappa shape index (κ1) is 19.5. The van der Waals surface area contributed by atoms with E-state index >= 15 is 0 Å². The van der Waals surface area contributed by atoms with E-state index in [1.165, 1.54) is 0 Å². The van der Waals surface area contributed by atoms with Crippen molar-refractivity contribution in [1.29, 1.82) is 0 Å². The van der Waals surface area contributed by atoms with Gasteiger partial charge in [0.2, 0.25) is 0 Å². The number of benzene rings is 2. The summed E-state index contributed by atoms with van der Waals surface area (Å²) in [6.07, 6.45) is 0. The van der Waals surface area contributed by atoms with Crippen LogP contribution in [0.1, 0.15) is 15.9 Å². The fourth-order valence-electron chi connectivity index (χ4n) is 2.96. The van der Waals surface area contributed by atoms with Crippen LogP contribution in [0.3, 0.4) is 0 Å². The summed E-state index contributed by atoms with van der Waals surface area (Å²) in [5.41, 5.74) is 1.53. The Morgan fingerprint density at radius 3 is 2.22 bits per heavy atom. The number of hydrogen-bond acceptors (Lipinski definition) is 3. The summed E-state index contributed by atoms with van der Waals surface area (Å²) >= 11 is 11.9. The van der Waals surface area contributed by atoms with E-state index in [4.69, 9.17) is 27.9 Å². The average molecular weight is 407 g/mol. The van der Waals surface area contributed by atoms with Crippen LogP contribution in [-0.2, 0) is 4.79 Å². The maximum Gasteiger partial charge on any atom is 0.260 e. The van der Waals surface area contributed by atoms with Gasteiger partial charge < -0.3 is 14.5 Å². The highest BCUT2D eigenvalue weighted by atomic mass is 35.5. The molecule has 0 atom stereocenters. The van der Waals surface area contributed by atoms with Gasteiger partial charge in [-0.2, -0.15) is 0 Å². The van der Waals surface area contributed by atoms with Gasteiger partial charge in [-0.3, -0.25) is 9.59 Å². The van der Waals surface area contributed by atoms with Crippen LogP contribution in [-0.4, -0.2) is 54.4 Å². The largest absolute Gasteiger partial charge is 0.484 e.